The van der Waals surface area contributed by atoms with E-state index in [-0.39, 0.29) is 0 Å². The van der Waals surface area contributed by atoms with Crippen molar-refractivity contribution in [1.82, 2.24) is 5.32 Å². The Balaban J connectivity index is 2.75. The van der Waals surface area contributed by atoms with Gasteiger partial charge in [-0.05, 0) is 38.9 Å². The fourth-order valence-electron chi connectivity index (χ4n) is 1.71. The van der Waals surface area contributed by atoms with Gasteiger partial charge in [-0.2, -0.15) is 0 Å². The highest BCUT2D eigenvalue weighted by molar-refractivity contribution is 6.35. The Morgan fingerprint density at radius 2 is 2.00 bits per heavy atom. The lowest BCUT2D eigenvalue weighted by Gasteiger charge is -2.19. The molecule has 1 aromatic carbocycles. The van der Waals surface area contributed by atoms with E-state index in [9.17, 15) is 5.11 Å². The molecule has 0 aliphatic rings. The normalized spacial score (nSPS) is 11.7. The van der Waals surface area contributed by atoms with Crippen LogP contribution in [-0.2, 0) is 6.54 Å². The third kappa shape index (κ3) is 6.31. The molecule has 0 atom stereocenters. The van der Waals surface area contributed by atoms with Crippen LogP contribution in [0.25, 0.3) is 0 Å². The maximum atomic E-state index is 9.71. The van der Waals surface area contributed by atoms with Gasteiger partial charge in [-0.15, -0.1) is 0 Å². The molecule has 0 fully saturated rings. The molecule has 0 saturated carbocycles. The lowest BCUT2D eigenvalue weighted by atomic mass is 10.1. The quantitative estimate of drug-likeness (QED) is 0.711. The number of benzene rings is 1. The maximum Gasteiger partial charge on any atom is 0.142 e. The molecule has 0 saturated heterocycles. The second kappa shape index (κ2) is 8.08. The van der Waals surface area contributed by atoms with Gasteiger partial charge in [0.1, 0.15) is 5.75 Å². The third-order valence-electron chi connectivity index (χ3n) is 2.79. The Morgan fingerprint density at radius 1 is 1.30 bits per heavy atom. The van der Waals surface area contributed by atoms with Gasteiger partial charge in [0, 0.05) is 23.6 Å². The second-order valence-corrected chi connectivity index (χ2v) is 6.31. The van der Waals surface area contributed by atoms with E-state index in [0.717, 1.165) is 18.5 Å². The summed E-state index contributed by atoms with van der Waals surface area (Å²) in [6.07, 6.45) is 1.59. The zero-order valence-corrected chi connectivity index (χ0v) is 13.8. The van der Waals surface area contributed by atoms with Crippen molar-refractivity contribution in [2.45, 2.75) is 45.8 Å². The Hall–Kier alpha value is -0.480. The van der Waals surface area contributed by atoms with E-state index in [1.807, 2.05) is 6.07 Å². The molecule has 0 spiro atoms. The van der Waals surface area contributed by atoms with Crippen LogP contribution in [0.15, 0.2) is 12.1 Å². The van der Waals surface area contributed by atoms with E-state index in [1.54, 1.807) is 19.9 Å². The summed E-state index contributed by atoms with van der Waals surface area (Å²) in [5.74, 6) is 0.643. The van der Waals surface area contributed by atoms with Crippen LogP contribution in [0.3, 0.4) is 0 Å². The molecule has 114 valence electrons. The number of aliphatic hydroxyl groups is 1. The number of nitrogens with one attached hydrogen (secondary N) is 1. The minimum absolute atomic E-state index is 0.408. The average molecular weight is 320 g/mol. The Kier molecular flexibility index (Phi) is 7.10. The van der Waals surface area contributed by atoms with Gasteiger partial charge in [-0.1, -0.05) is 30.1 Å². The smallest absolute Gasteiger partial charge is 0.142 e. The molecule has 0 radical (unpaired) electrons. The van der Waals surface area contributed by atoms with Crippen molar-refractivity contribution in [3.05, 3.63) is 27.7 Å². The van der Waals surface area contributed by atoms with E-state index in [4.69, 9.17) is 27.9 Å². The molecule has 5 heteroatoms. The summed E-state index contributed by atoms with van der Waals surface area (Å²) in [5, 5.41) is 14.1. The van der Waals surface area contributed by atoms with Crippen LogP contribution >= 0.6 is 23.2 Å². The molecular formula is C15H23Cl2NO2. The Bertz CT molecular complexity index is 431. The fraction of sp³-hybridized carbons (Fsp3) is 0.600. The van der Waals surface area contributed by atoms with Crippen LogP contribution in [0, 0.1) is 0 Å². The lowest BCUT2D eigenvalue weighted by molar-refractivity contribution is 0.0552. The molecule has 0 bridgehead atoms. The van der Waals surface area contributed by atoms with Crippen LogP contribution < -0.4 is 10.1 Å². The van der Waals surface area contributed by atoms with E-state index in [1.165, 1.54) is 0 Å². The van der Waals surface area contributed by atoms with E-state index in [2.05, 4.69) is 12.2 Å². The predicted molar refractivity (Wildman–Crippen MR) is 84.9 cm³/mol. The molecule has 2 N–H and O–H groups in total. The van der Waals surface area contributed by atoms with Crippen molar-refractivity contribution >= 4 is 23.2 Å². The number of hydrogen-bond donors (Lipinski definition) is 2. The van der Waals surface area contributed by atoms with Gasteiger partial charge in [-0.25, -0.2) is 0 Å². The van der Waals surface area contributed by atoms with E-state index >= 15 is 0 Å². The van der Waals surface area contributed by atoms with Crippen LogP contribution in [0.1, 0.15) is 39.2 Å². The fourth-order valence-corrected chi connectivity index (χ4v) is 2.30. The standard InChI is InChI=1S/C15H23Cl2NO2/c1-4-6-18-10-11-8-12(16)9-13(17)14(11)20-7-5-15(2,3)19/h8-9,18-19H,4-7,10H2,1-3H3. The van der Waals surface area contributed by atoms with Gasteiger partial charge in [0.25, 0.3) is 0 Å². The molecule has 3 nitrogen and oxygen atoms in total. The molecule has 0 amide bonds. The predicted octanol–water partition coefficient (Wildman–Crippen LogP) is 4.03. The van der Waals surface area contributed by atoms with Gasteiger partial charge < -0.3 is 15.2 Å². The van der Waals surface area contributed by atoms with Gasteiger partial charge in [0.05, 0.1) is 17.2 Å². The number of halogens is 2. The van der Waals surface area contributed by atoms with Gasteiger partial charge >= 0.3 is 0 Å². The first-order valence-electron chi connectivity index (χ1n) is 6.87. The molecule has 1 aromatic rings. The molecule has 0 aliphatic heterocycles. The van der Waals surface area contributed by atoms with Gasteiger partial charge in [0.15, 0.2) is 0 Å². The first kappa shape index (κ1) is 17.6. The Labute approximate surface area is 131 Å². The third-order valence-corrected chi connectivity index (χ3v) is 3.29. The van der Waals surface area contributed by atoms with Crippen LogP contribution in [0.2, 0.25) is 10.0 Å². The minimum Gasteiger partial charge on any atom is -0.492 e. The largest absolute Gasteiger partial charge is 0.492 e. The second-order valence-electron chi connectivity index (χ2n) is 5.46. The SMILES string of the molecule is CCCNCc1cc(Cl)cc(Cl)c1OCCC(C)(C)O. The van der Waals surface area contributed by atoms with E-state index < -0.39 is 5.60 Å². The average Bonchev–Trinajstić information content (AvgIpc) is 2.31. The first-order valence-corrected chi connectivity index (χ1v) is 7.63. The monoisotopic (exact) mass is 319 g/mol. The summed E-state index contributed by atoms with van der Waals surface area (Å²) in [5.41, 5.74) is 0.186. The number of ether oxygens (including phenoxy) is 1. The van der Waals surface area contributed by atoms with E-state index in [0.29, 0.717) is 35.4 Å². The minimum atomic E-state index is -0.750. The van der Waals surface area contributed by atoms with Crippen molar-refractivity contribution in [3.63, 3.8) is 0 Å². The topological polar surface area (TPSA) is 41.5 Å². The van der Waals surface area contributed by atoms with Crippen molar-refractivity contribution in [1.29, 1.82) is 0 Å². The summed E-state index contributed by atoms with van der Waals surface area (Å²) in [6, 6.07) is 3.53. The van der Waals surface area contributed by atoms with Crippen molar-refractivity contribution in [2.24, 2.45) is 0 Å². The van der Waals surface area contributed by atoms with Crippen LogP contribution in [0.5, 0.6) is 5.75 Å². The summed E-state index contributed by atoms with van der Waals surface area (Å²) >= 11 is 12.2. The molecule has 0 heterocycles. The van der Waals surface area contributed by atoms with Crippen molar-refractivity contribution < 1.29 is 9.84 Å². The highest BCUT2D eigenvalue weighted by Gasteiger charge is 2.15. The van der Waals surface area contributed by atoms with Crippen molar-refractivity contribution in [3.8, 4) is 5.75 Å². The molecule has 0 aliphatic carbocycles. The summed E-state index contributed by atoms with van der Waals surface area (Å²) in [7, 11) is 0. The van der Waals surface area contributed by atoms with Crippen LogP contribution in [0.4, 0.5) is 0 Å². The summed E-state index contributed by atoms with van der Waals surface area (Å²) < 4.78 is 5.74. The number of hydrogen-bond acceptors (Lipinski definition) is 3. The highest BCUT2D eigenvalue weighted by atomic mass is 35.5. The summed E-state index contributed by atoms with van der Waals surface area (Å²) in [4.78, 5) is 0. The summed E-state index contributed by atoms with van der Waals surface area (Å²) in [6.45, 7) is 7.61. The van der Waals surface area contributed by atoms with Gasteiger partial charge in [0.2, 0.25) is 0 Å². The first-order chi connectivity index (χ1) is 9.33. The highest BCUT2D eigenvalue weighted by Crippen LogP contribution is 2.32. The molecule has 20 heavy (non-hydrogen) atoms. The molecular weight excluding hydrogens is 297 g/mol. The zero-order chi connectivity index (χ0) is 15.2. The molecule has 0 aromatic heterocycles. The number of rotatable bonds is 8. The maximum absolute atomic E-state index is 9.71. The Morgan fingerprint density at radius 3 is 2.60 bits per heavy atom. The van der Waals surface area contributed by atoms with Crippen LogP contribution in [-0.4, -0.2) is 23.9 Å². The zero-order valence-electron chi connectivity index (χ0n) is 12.3. The van der Waals surface area contributed by atoms with Crippen molar-refractivity contribution in [2.75, 3.05) is 13.2 Å². The lowest BCUT2D eigenvalue weighted by Crippen LogP contribution is -2.22. The van der Waals surface area contributed by atoms with Gasteiger partial charge in [-0.3, -0.25) is 0 Å². The molecule has 1 rings (SSSR count). The molecule has 0 unspecified atom stereocenters.